The summed E-state index contributed by atoms with van der Waals surface area (Å²) < 4.78 is 5.13. The van der Waals surface area contributed by atoms with Crippen LogP contribution < -0.4 is 10.1 Å². The minimum absolute atomic E-state index is 0.00790. The maximum atomic E-state index is 12.2. The first-order valence-electron chi connectivity index (χ1n) is 7.73. The van der Waals surface area contributed by atoms with Gasteiger partial charge >= 0.3 is 0 Å². The molecule has 0 bridgehead atoms. The molecule has 1 amide bonds. The molecular formula is C19H23NO2. The van der Waals surface area contributed by atoms with Crippen LogP contribution in [-0.4, -0.2) is 19.6 Å². The molecule has 0 saturated carbocycles. The van der Waals surface area contributed by atoms with E-state index < -0.39 is 0 Å². The van der Waals surface area contributed by atoms with Gasteiger partial charge in [-0.1, -0.05) is 37.6 Å². The average molecular weight is 297 g/mol. The zero-order valence-corrected chi connectivity index (χ0v) is 13.3. The van der Waals surface area contributed by atoms with Gasteiger partial charge in [0.25, 0.3) is 5.91 Å². The monoisotopic (exact) mass is 297 g/mol. The Balaban J connectivity index is 1.85. The zero-order valence-electron chi connectivity index (χ0n) is 13.3. The third kappa shape index (κ3) is 4.62. The van der Waals surface area contributed by atoms with Gasteiger partial charge in [0, 0.05) is 12.1 Å². The molecule has 0 fully saturated rings. The first kappa shape index (κ1) is 16.1. The number of methoxy groups -OCH3 is 1. The highest BCUT2D eigenvalue weighted by Gasteiger charge is 2.05. The summed E-state index contributed by atoms with van der Waals surface area (Å²) >= 11 is 0. The molecule has 3 heteroatoms. The molecule has 2 aromatic rings. The molecule has 3 nitrogen and oxygen atoms in total. The summed E-state index contributed by atoms with van der Waals surface area (Å²) in [6.45, 7) is 2.77. The lowest BCUT2D eigenvalue weighted by Crippen LogP contribution is -2.25. The Bertz CT molecular complexity index is 605. The summed E-state index contributed by atoms with van der Waals surface area (Å²) in [5.41, 5.74) is 3.13. The SMILES string of the molecule is CCCc1cccc(C(=O)NCCc2ccc(OC)cc2)c1. The van der Waals surface area contributed by atoms with Crippen molar-refractivity contribution in [3.05, 3.63) is 65.2 Å². The molecule has 116 valence electrons. The molecule has 22 heavy (non-hydrogen) atoms. The molecule has 0 aliphatic heterocycles. The molecule has 2 aromatic carbocycles. The van der Waals surface area contributed by atoms with Crippen LogP contribution in [0.3, 0.4) is 0 Å². The van der Waals surface area contributed by atoms with Crippen LogP contribution in [0.25, 0.3) is 0 Å². The second kappa shape index (κ2) is 8.23. The second-order valence-corrected chi connectivity index (χ2v) is 5.30. The Morgan fingerprint density at radius 1 is 1.05 bits per heavy atom. The molecule has 0 atom stereocenters. The minimum Gasteiger partial charge on any atom is -0.497 e. The van der Waals surface area contributed by atoms with Crippen LogP contribution in [0.5, 0.6) is 5.75 Å². The first-order valence-corrected chi connectivity index (χ1v) is 7.73. The van der Waals surface area contributed by atoms with Gasteiger partial charge in [0.1, 0.15) is 5.75 Å². The van der Waals surface area contributed by atoms with Crippen molar-refractivity contribution in [3.8, 4) is 5.75 Å². The lowest BCUT2D eigenvalue weighted by molar-refractivity contribution is 0.0954. The van der Waals surface area contributed by atoms with E-state index in [1.165, 1.54) is 11.1 Å². The normalized spacial score (nSPS) is 10.3. The summed E-state index contributed by atoms with van der Waals surface area (Å²) in [6.07, 6.45) is 2.90. The van der Waals surface area contributed by atoms with Gasteiger partial charge in [0.2, 0.25) is 0 Å². The Labute approximate surface area is 132 Å². The highest BCUT2D eigenvalue weighted by Crippen LogP contribution is 2.11. The summed E-state index contributed by atoms with van der Waals surface area (Å²) in [5.74, 6) is 0.840. The summed E-state index contributed by atoms with van der Waals surface area (Å²) in [6, 6.07) is 15.8. The summed E-state index contributed by atoms with van der Waals surface area (Å²) in [5, 5.41) is 2.98. The lowest BCUT2D eigenvalue weighted by atomic mass is 10.1. The predicted octanol–water partition coefficient (Wildman–Crippen LogP) is 3.62. The average Bonchev–Trinajstić information content (AvgIpc) is 2.56. The number of nitrogens with one attached hydrogen (secondary N) is 1. The van der Waals surface area contributed by atoms with Crippen molar-refractivity contribution in [2.24, 2.45) is 0 Å². The fourth-order valence-corrected chi connectivity index (χ4v) is 2.37. The Morgan fingerprint density at radius 3 is 2.50 bits per heavy atom. The van der Waals surface area contributed by atoms with Gasteiger partial charge in [-0.05, 0) is 48.2 Å². The maximum absolute atomic E-state index is 12.2. The first-order chi connectivity index (χ1) is 10.7. The number of benzene rings is 2. The molecule has 2 rings (SSSR count). The number of aryl methyl sites for hydroxylation is 1. The van der Waals surface area contributed by atoms with Crippen molar-refractivity contribution in [2.45, 2.75) is 26.2 Å². The third-order valence-corrected chi connectivity index (χ3v) is 3.59. The molecule has 0 saturated heterocycles. The van der Waals surface area contributed by atoms with Gasteiger partial charge in [0.05, 0.1) is 7.11 Å². The topological polar surface area (TPSA) is 38.3 Å². The van der Waals surface area contributed by atoms with E-state index >= 15 is 0 Å². The molecule has 0 radical (unpaired) electrons. The molecular weight excluding hydrogens is 274 g/mol. The van der Waals surface area contributed by atoms with Crippen LogP contribution >= 0.6 is 0 Å². The number of hydrogen-bond acceptors (Lipinski definition) is 2. The second-order valence-electron chi connectivity index (χ2n) is 5.30. The maximum Gasteiger partial charge on any atom is 0.251 e. The number of ether oxygens (including phenoxy) is 1. The van der Waals surface area contributed by atoms with E-state index in [-0.39, 0.29) is 5.91 Å². The Kier molecular flexibility index (Phi) is 6.01. The van der Waals surface area contributed by atoms with E-state index in [2.05, 4.69) is 18.3 Å². The van der Waals surface area contributed by atoms with Crippen molar-refractivity contribution >= 4 is 5.91 Å². The van der Waals surface area contributed by atoms with Gasteiger partial charge in [-0.15, -0.1) is 0 Å². The Morgan fingerprint density at radius 2 is 1.82 bits per heavy atom. The minimum atomic E-state index is -0.00790. The van der Waals surface area contributed by atoms with Crippen LogP contribution in [0.2, 0.25) is 0 Å². The number of carbonyl (C=O) groups is 1. The van der Waals surface area contributed by atoms with Crippen LogP contribution in [0, 0.1) is 0 Å². The largest absolute Gasteiger partial charge is 0.497 e. The van der Waals surface area contributed by atoms with E-state index in [1.54, 1.807) is 7.11 Å². The van der Waals surface area contributed by atoms with Gasteiger partial charge in [0.15, 0.2) is 0 Å². The lowest BCUT2D eigenvalue weighted by Gasteiger charge is -2.07. The van der Waals surface area contributed by atoms with Crippen LogP contribution in [0.1, 0.15) is 34.8 Å². The predicted molar refractivity (Wildman–Crippen MR) is 89.5 cm³/mol. The van der Waals surface area contributed by atoms with E-state index in [0.29, 0.717) is 6.54 Å². The van der Waals surface area contributed by atoms with Crippen LogP contribution in [-0.2, 0) is 12.8 Å². The summed E-state index contributed by atoms with van der Waals surface area (Å²) in [4.78, 5) is 12.2. The van der Waals surface area contributed by atoms with Crippen molar-refractivity contribution in [3.63, 3.8) is 0 Å². The molecule has 0 aromatic heterocycles. The molecule has 0 heterocycles. The standard InChI is InChI=1S/C19H23NO2/c1-3-5-16-6-4-7-17(14-16)19(21)20-13-12-15-8-10-18(22-2)11-9-15/h4,6-11,14H,3,5,12-13H2,1-2H3,(H,20,21). The third-order valence-electron chi connectivity index (χ3n) is 3.59. The quantitative estimate of drug-likeness (QED) is 0.847. The van der Waals surface area contributed by atoms with Crippen LogP contribution in [0.15, 0.2) is 48.5 Å². The van der Waals surface area contributed by atoms with Gasteiger partial charge in [-0.2, -0.15) is 0 Å². The molecule has 1 N–H and O–H groups in total. The number of carbonyl (C=O) groups excluding carboxylic acids is 1. The molecule has 0 unspecified atom stereocenters. The van der Waals surface area contributed by atoms with Gasteiger partial charge in [-0.25, -0.2) is 0 Å². The van der Waals surface area contributed by atoms with E-state index in [4.69, 9.17) is 4.74 Å². The molecule has 0 aliphatic carbocycles. The van der Waals surface area contributed by atoms with Crippen molar-refractivity contribution in [1.29, 1.82) is 0 Å². The Hall–Kier alpha value is -2.29. The highest BCUT2D eigenvalue weighted by atomic mass is 16.5. The van der Waals surface area contributed by atoms with Gasteiger partial charge in [-0.3, -0.25) is 4.79 Å². The van der Waals surface area contributed by atoms with Crippen molar-refractivity contribution in [2.75, 3.05) is 13.7 Å². The van der Waals surface area contributed by atoms with E-state index in [9.17, 15) is 4.79 Å². The number of rotatable bonds is 7. The molecule has 0 spiro atoms. The van der Waals surface area contributed by atoms with Crippen LogP contribution in [0.4, 0.5) is 0 Å². The number of hydrogen-bond donors (Lipinski definition) is 1. The smallest absolute Gasteiger partial charge is 0.251 e. The summed E-state index contributed by atoms with van der Waals surface area (Å²) in [7, 11) is 1.65. The van der Waals surface area contributed by atoms with Crippen molar-refractivity contribution < 1.29 is 9.53 Å². The highest BCUT2D eigenvalue weighted by molar-refractivity contribution is 5.94. The zero-order chi connectivity index (χ0) is 15.8. The van der Waals surface area contributed by atoms with E-state index in [1.807, 2.05) is 42.5 Å². The fraction of sp³-hybridized carbons (Fsp3) is 0.316. The number of amides is 1. The fourth-order valence-electron chi connectivity index (χ4n) is 2.37. The van der Waals surface area contributed by atoms with Gasteiger partial charge < -0.3 is 10.1 Å². The van der Waals surface area contributed by atoms with E-state index in [0.717, 1.165) is 30.6 Å². The molecule has 0 aliphatic rings. The van der Waals surface area contributed by atoms with Crippen molar-refractivity contribution in [1.82, 2.24) is 5.32 Å².